The smallest absolute Gasteiger partial charge is 0.337 e. The molecule has 0 radical (unpaired) electrons. The molecule has 2 N–H and O–H groups in total. The van der Waals surface area contributed by atoms with Crippen molar-refractivity contribution in [2.75, 3.05) is 13.1 Å². The minimum atomic E-state index is -4.29. The van der Waals surface area contributed by atoms with Gasteiger partial charge in [-0.3, -0.25) is 5.32 Å². The van der Waals surface area contributed by atoms with Crippen LogP contribution in [0.25, 0.3) is 0 Å². The first-order chi connectivity index (χ1) is 9.24. The van der Waals surface area contributed by atoms with Gasteiger partial charge in [0.1, 0.15) is 5.69 Å². The Kier molecular flexibility index (Phi) is 2.96. The normalized spacial score (nSPS) is 24.6. The van der Waals surface area contributed by atoms with Crippen LogP contribution in [0.2, 0.25) is 0 Å². The van der Waals surface area contributed by atoms with E-state index < -0.39 is 11.9 Å². The maximum atomic E-state index is 13.2. The lowest BCUT2D eigenvalue weighted by Gasteiger charge is -2.49. The molecule has 0 unspecified atom stereocenters. The van der Waals surface area contributed by atoms with Crippen LogP contribution in [0.1, 0.15) is 38.1 Å². The lowest BCUT2D eigenvalue weighted by molar-refractivity contribution is -0.144. The van der Waals surface area contributed by atoms with Crippen molar-refractivity contribution < 1.29 is 13.2 Å². The molecular formula is C14H20F3N3. The molecule has 0 aromatic carbocycles. The number of nitrogens with zero attached hydrogens (tertiary/aromatic N) is 1. The molecule has 1 spiro atoms. The van der Waals surface area contributed by atoms with Gasteiger partial charge in [0, 0.05) is 17.8 Å². The van der Waals surface area contributed by atoms with Crippen LogP contribution in [0, 0.1) is 0 Å². The zero-order valence-electron chi connectivity index (χ0n) is 11.8. The fourth-order valence-corrected chi connectivity index (χ4v) is 3.68. The Balaban J connectivity index is 2.12. The molecule has 0 atom stereocenters. The summed E-state index contributed by atoms with van der Waals surface area (Å²) >= 11 is 0. The monoisotopic (exact) mass is 287 g/mol. The third-order valence-electron chi connectivity index (χ3n) is 4.35. The van der Waals surface area contributed by atoms with Crippen LogP contribution in [0.5, 0.6) is 0 Å². The van der Waals surface area contributed by atoms with Crippen LogP contribution in [0.15, 0.2) is 12.1 Å². The fourth-order valence-electron chi connectivity index (χ4n) is 3.68. The van der Waals surface area contributed by atoms with Gasteiger partial charge in [-0.05, 0) is 51.9 Å². The fraction of sp³-hybridized carbons (Fsp3) is 0.714. The van der Waals surface area contributed by atoms with E-state index in [2.05, 4.69) is 10.6 Å². The molecule has 3 heterocycles. The van der Waals surface area contributed by atoms with Crippen molar-refractivity contribution in [2.45, 2.75) is 50.5 Å². The Hall–Kier alpha value is -1.01. The van der Waals surface area contributed by atoms with E-state index in [1.807, 2.05) is 13.8 Å². The number of aromatic nitrogens is 1. The summed E-state index contributed by atoms with van der Waals surface area (Å²) < 4.78 is 41.0. The molecule has 1 saturated heterocycles. The Morgan fingerprint density at radius 2 is 1.80 bits per heavy atom. The molecular weight excluding hydrogens is 267 g/mol. The minimum Gasteiger partial charge on any atom is -0.337 e. The predicted molar refractivity (Wildman–Crippen MR) is 70.4 cm³/mol. The van der Waals surface area contributed by atoms with Crippen LogP contribution < -0.4 is 10.6 Å². The molecule has 3 rings (SSSR count). The highest BCUT2D eigenvalue weighted by molar-refractivity contribution is 5.29. The number of rotatable bonds is 0. The van der Waals surface area contributed by atoms with Gasteiger partial charge in [-0.1, -0.05) is 0 Å². The van der Waals surface area contributed by atoms with Gasteiger partial charge in [0.2, 0.25) is 0 Å². The number of alkyl halides is 3. The van der Waals surface area contributed by atoms with Gasteiger partial charge in [0.15, 0.2) is 0 Å². The first-order valence-corrected chi connectivity index (χ1v) is 7.01. The largest absolute Gasteiger partial charge is 0.431 e. The van der Waals surface area contributed by atoms with E-state index in [0.717, 1.165) is 31.6 Å². The summed E-state index contributed by atoms with van der Waals surface area (Å²) in [6, 6.07) is 2.87. The second-order valence-corrected chi connectivity index (χ2v) is 6.53. The Labute approximate surface area is 116 Å². The molecule has 112 valence electrons. The Bertz CT molecular complexity index is 510. The van der Waals surface area contributed by atoms with E-state index in [4.69, 9.17) is 0 Å². The molecule has 0 saturated carbocycles. The molecule has 1 fully saturated rings. The maximum Gasteiger partial charge on any atom is 0.431 e. The van der Waals surface area contributed by atoms with Crippen LogP contribution in [-0.2, 0) is 18.3 Å². The summed E-state index contributed by atoms with van der Waals surface area (Å²) in [6.45, 7) is 5.95. The lowest BCUT2D eigenvalue weighted by Crippen LogP contribution is -2.63. The van der Waals surface area contributed by atoms with E-state index in [9.17, 15) is 13.2 Å². The summed E-state index contributed by atoms with van der Waals surface area (Å²) in [6.07, 6.45) is -2.66. The van der Waals surface area contributed by atoms with Gasteiger partial charge in [0.05, 0.1) is 5.54 Å². The number of piperidine rings is 1. The van der Waals surface area contributed by atoms with E-state index >= 15 is 0 Å². The van der Waals surface area contributed by atoms with Crippen molar-refractivity contribution in [3.8, 4) is 0 Å². The van der Waals surface area contributed by atoms with Gasteiger partial charge >= 0.3 is 6.18 Å². The molecule has 1 aromatic rings. The predicted octanol–water partition coefficient (Wildman–Crippen LogP) is 2.47. The molecule has 2 aliphatic heterocycles. The van der Waals surface area contributed by atoms with Crippen molar-refractivity contribution in [3.05, 3.63) is 23.5 Å². The van der Waals surface area contributed by atoms with Crippen molar-refractivity contribution in [3.63, 3.8) is 0 Å². The Morgan fingerprint density at radius 1 is 1.15 bits per heavy atom. The van der Waals surface area contributed by atoms with Crippen LogP contribution in [0.3, 0.4) is 0 Å². The average Bonchev–Trinajstić information content (AvgIpc) is 2.72. The molecule has 0 amide bonds. The molecule has 3 nitrogen and oxygen atoms in total. The number of nitrogens with one attached hydrogen (secondary N) is 2. The molecule has 1 aromatic heterocycles. The molecule has 6 heteroatoms. The third kappa shape index (κ3) is 2.15. The lowest BCUT2D eigenvalue weighted by atomic mass is 9.80. The molecule has 2 aliphatic rings. The quantitative estimate of drug-likeness (QED) is 0.767. The maximum absolute atomic E-state index is 13.2. The van der Waals surface area contributed by atoms with Crippen molar-refractivity contribution in [2.24, 2.45) is 0 Å². The molecule has 20 heavy (non-hydrogen) atoms. The highest BCUT2D eigenvalue weighted by atomic mass is 19.4. The number of hydrogen-bond acceptors (Lipinski definition) is 2. The summed E-state index contributed by atoms with van der Waals surface area (Å²) in [4.78, 5) is 0. The van der Waals surface area contributed by atoms with E-state index in [1.165, 1.54) is 10.6 Å². The minimum absolute atomic E-state index is 0.337. The molecule has 0 aliphatic carbocycles. The highest BCUT2D eigenvalue weighted by Crippen LogP contribution is 2.41. The van der Waals surface area contributed by atoms with Gasteiger partial charge in [-0.25, -0.2) is 0 Å². The van der Waals surface area contributed by atoms with Crippen LogP contribution in [-0.4, -0.2) is 23.2 Å². The van der Waals surface area contributed by atoms with Gasteiger partial charge in [-0.2, -0.15) is 13.2 Å². The van der Waals surface area contributed by atoms with Crippen LogP contribution >= 0.6 is 0 Å². The van der Waals surface area contributed by atoms with Gasteiger partial charge in [-0.15, -0.1) is 0 Å². The van der Waals surface area contributed by atoms with Gasteiger partial charge < -0.3 is 9.88 Å². The third-order valence-corrected chi connectivity index (χ3v) is 4.35. The second-order valence-electron chi connectivity index (χ2n) is 6.53. The summed E-state index contributed by atoms with van der Waals surface area (Å²) in [7, 11) is 0. The van der Waals surface area contributed by atoms with Gasteiger partial charge in [0.25, 0.3) is 0 Å². The number of halogens is 3. The van der Waals surface area contributed by atoms with Crippen LogP contribution in [0.4, 0.5) is 13.2 Å². The van der Waals surface area contributed by atoms with E-state index in [0.29, 0.717) is 6.54 Å². The van der Waals surface area contributed by atoms with Crippen molar-refractivity contribution in [1.82, 2.24) is 15.2 Å². The van der Waals surface area contributed by atoms with E-state index in [-0.39, 0.29) is 11.1 Å². The SMILES string of the molecule is CC1(C)Cn2c(C(F)(F)F)ccc2C2(CCNCC2)N1. The number of hydrogen-bond donors (Lipinski definition) is 2. The zero-order valence-corrected chi connectivity index (χ0v) is 11.8. The Morgan fingerprint density at radius 3 is 2.40 bits per heavy atom. The van der Waals surface area contributed by atoms with Crippen molar-refractivity contribution in [1.29, 1.82) is 0 Å². The standard InChI is InChI=1S/C14H20F3N3/c1-12(2)9-20-10(3-4-11(20)14(15,16)17)13(19-12)5-7-18-8-6-13/h3-4,18-19H,5-9H2,1-2H3. The van der Waals surface area contributed by atoms with E-state index in [1.54, 1.807) is 6.07 Å². The number of fused-ring (bicyclic) bond motifs is 2. The highest BCUT2D eigenvalue weighted by Gasteiger charge is 2.47. The summed E-state index contributed by atoms with van der Waals surface area (Å²) in [5.41, 5.74) is -0.425. The first-order valence-electron chi connectivity index (χ1n) is 7.01. The van der Waals surface area contributed by atoms with Crippen molar-refractivity contribution >= 4 is 0 Å². The molecule has 0 bridgehead atoms. The topological polar surface area (TPSA) is 29.0 Å². The average molecular weight is 287 g/mol. The second kappa shape index (κ2) is 4.24. The first kappa shape index (κ1) is 13.9. The summed E-state index contributed by atoms with van der Waals surface area (Å²) in [5, 5.41) is 6.88. The zero-order chi connectivity index (χ0) is 14.6. The summed E-state index contributed by atoms with van der Waals surface area (Å²) in [5.74, 6) is 0.